The lowest BCUT2D eigenvalue weighted by atomic mass is 10.1. The van der Waals surface area contributed by atoms with E-state index in [1.165, 1.54) is 0 Å². The van der Waals surface area contributed by atoms with Crippen LogP contribution < -0.4 is 0 Å². The van der Waals surface area contributed by atoms with Gasteiger partial charge in [-0.1, -0.05) is 0 Å². The second-order valence-electron chi connectivity index (χ2n) is 3.01. The minimum Gasteiger partial charge on any atom is -0.345 e. The molecule has 3 nitrogen and oxygen atoms in total. The van der Waals surface area contributed by atoms with Crippen LogP contribution in [0.2, 0.25) is 0 Å². The first kappa shape index (κ1) is 8.06. The Morgan fingerprint density at radius 1 is 1.73 bits per heavy atom. The highest BCUT2D eigenvalue weighted by molar-refractivity contribution is 5.88. The van der Waals surface area contributed by atoms with Gasteiger partial charge in [0.15, 0.2) is 0 Å². The highest BCUT2D eigenvalue weighted by atomic mass is 16.2. The lowest BCUT2D eigenvalue weighted by molar-refractivity contribution is -0.133. The van der Waals surface area contributed by atoms with Crippen LogP contribution in [-0.2, 0) is 4.79 Å². The minimum atomic E-state index is -0.634. The zero-order valence-corrected chi connectivity index (χ0v) is 6.92. The quantitative estimate of drug-likeness (QED) is 0.586. The van der Waals surface area contributed by atoms with E-state index in [0.717, 1.165) is 12.8 Å². The first-order valence-electron chi connectivity index (χ1n) is 3.83. The zero-order chi connectivity index (χ0) is 8.48. The predicted octanol–water partition coefficient (Wildman–Crippen LogP) is 0.768. The Morgan fingerprint density at radius 2 is 2.27 bits per heavy atom. The van der Waals surface area contributed by atoms with Crippen LogP contribution in [-0.4, -0.2) is 24.4 Å². The molecular weight excluding hydrogens is 140 g/mol. The Labute approximate surface area is 66.6 Å². The fourth-order valence-electron chi connectivity index (χ4n) is 1.01. The number of hydrogen-bond acceptors (Lipinski definition) is 2. The smallest absolute Gasteiger partial charge is 0.242 e. The van der Waals surface area contributed by atoms with Gasteiger partial charge in [-0.2, -0.15) is 5.26 Å². The standard InChI is InChI=1S/C8H12N2O/c1-3-10(2)7(11)8(6-9)4-5-8/h3-5H2,1-2H3. The van der Waals surface area contributed by atoms with Gasteiger partial charge in [0.1, 0.15) is 5.41 Å². The number of rotatable bonds is 2. The van der Waals surface area contributed by atoms with Gasteiger partial charge in [-0.15, -0.1) is 0 Å². The molecule has 1 amide bonds. The van der Waals surface area contributed by atoms with Crippen molar-refractivity contribution in [2.24, 2.45) is 5.41 Å². The van der Waals surface area contributed by atoms with Gasteiger partial charge in [-0.25, -0.2) is 0 Å². The van der Waals surface area contributed by atoms with Gasteiger partial charge in [-0.05, 0) is 19.8 Å². The van der Waals surface area contributed by atoms with Gasteiger partial charge in [-0.3, -0.25) is 4.79 Å². The molecule has 0 aromatic heterocycles. The third-order valence-electron chi connectivity index (χ3n) is 2.19. The summed E-state index contributed by atoms with van der Waals surface area (Å²) in [5.74, 6) is -0.0116. The minimum absolute atomic E-state index is 0.0116. The van der Waals surface area contributed by atoms with Crippen LogP contribution in [0.3, 0.4) is 0 Å². The molecule has 1 aliphatic carbocycles. The van der Waals surface area contributed by atoms with Crippen LogP contribution in [0.1, 0.15) is 19.8 Å². The van der Waals surface area contributed by atoms with E-state index in [1.54, 1.807) is 11.9 Å². The SMILES string of the molecule is CCN(C)C(=O)C1(C#N)CC1. The first-order chi connectivity index (χ1) is 5.16. The summed E-state index contributed by atoms with van der Waals surface area (Å²) < 4.78 is 0. The average molecular weight is 152 g/mol. The van der Waals surface area contributed by atoms with Gasteiger partial charge in [0.05, 0.1) is 6.07 Å². The molecule has 3 heteroatoms. The maximum atomic E-state index is 11.4. The molecule has 0 bridgehead atoms. The molecule has 1 saturated carbocycles. The number of carbonyl (C=O) groups excluding carboxylic acids is 1. The summed E-state index contributed by atoms with van der Waals surface area (Å²) in [6.45, 7) is 2.59. The van der Waals surface area contributed by atoms with Crippen LogP contribution in [0.5, 0.6) is 0 Å². The van der Waals surface area contributed by atoms with Gasteiger partial charge >= 0.3 is 0 Å². The molecular formula is C8H12N2O. The van der Waals surface area contributed by atoms with Crippen molar-refractivity contribution in [3.05, 3.63) is 0 Å². The second kappa shape index (κ2) is 2.54. The molecule has 0 spiro atoms. The lowest BCUT2D eigenvalue weighted by Gasteiger charge is -2.16. The summed E-state index contributed by atoms with van der Waals surface area (Å²) >= 11 is 0. The van der Waals surface area contributed by atoms with Crippen LogP contribution in [0.4, 0.5) is 0 Å². The first-order valence-corrected chi connectivity index (χ1v) is 3.83. The third kappa shape index (κ3) is 1.21. The summed E-state index contributed by atoms with van der Waals surface area (Å²) in [5, 5.41) is 8.67. The summed E-state index contributed by atoms with van der Waals surface area (Å²) in [5.41, 5.74) is -0.634. The predicted molar refractivity (Wildman–Crippen MR) is 40.6 cm³/mol. The van der Waals surface area contributed by atoms with Crippen molar-refractivity contribution in [3.63, 3.8) is 0 Å². The molecule has 0 aromatic carbocycles. The van der Waals surface area contributed by atoms with Crippen molar-refractivity contribution in [1.29, 1.82) is 5.26 Å². The van der Waals surface area contributed by atoms with E-state index >= 15 is 0 Å². The van der Waals surface area contributed by atoms with E-state index in [4.69, 9.17) is 5.26 Å². The van der Waals surface area contributed by atoms with Crippen LogP contribution >= 0.6 is 0 Å². The third-order valence-corrected chi connectivity index (χ3v) is 2.19. The summed E-state index contributed by atoms with van der Waals surface area (Å²) in [4.78, 5) is 13.0. The molecule has 11 heavy (non-hydrogen) atoms. The van der Waals surface area contributed by atoms with E-state index in [0.29, 0.717) is 6.54 Å². The number of nitriles is 1. The van der Waals surface area contributed by atoms with E-state index in [-0.39, 0.29) is 5.91 Å². The van der Waals surface area contributed by atoms with Crippen molar-refractivity contribution < 1.29 is 4.79 Å². The molecule has 0 N–H and O–H groups in total. The largest absolute Gasteiger partial charge is 0.345 e. The van der Waals surface area contributed by atoms with Crippen molar-refractivity contribution in [1.82, 2.24) is 4.90 Å². The molecule has 0 saturated heterocycles. The fourth-order valence-corrected chi connectivity index (χ4v) is 1.01. The zero-order valence-electron chi connectivity index (χ0n) is 6.92. The number of hydrogen-bond donors (Lipinski definition) is 0. The Hall–Kier alpha value is -1.04. The number of nitrogens with zero attached hydrogens (tertiary/aromatic N) is 2. The fraction of sp³-hybridized carbons (Fsp3) is 0.750. The molecule has 1 aliphatic rings. The molecule has 0 aromatic rings. The summed E-state index contributed by atoms with van der Waals surface area (Å²) in [6.07, 6.45) is 1.49. The van der Waals surface area contributed by atoms with Crippen LogP contribution in [0, 0.1) is 16.7 Å². The maximum Gasteiger partial charge on any atom is 0.242 e. The highest BCUT2D eigenvalue weighted by Gasteiger charge is 2.51. The Bertz CT molecular complexity index is 213. The van der Waals surface area contributed by atoms with E-state index in [9.17, 15) is 4.79 Å². The Kier molecular flexibility index (Phi) is 1.86. The van der Waals surface area contributed by atoms with Gasteiger partial charge in [0.25, 0.3) is 0 Å². The monoisotopic (exact) mass is 152 g/mol. The topological polar surface area (TPSA) is 44.1 Å². The molecule has 60 valence electrons. The van der Waals surface area contributed by atoms with Gasteiger partial charge in [0, 0.05) is 13.6 Å². The molecule has 0 heterocycles. The Morgan fingerprint density at radius 3 is 2.55 bits per heavy atom. The van der Waals surface area contributed by atoms with Crippen molar-refractivity contribution in [2.45, 2.75) is 19.8 Å². The molecule has 0 atom stereocenters. The lowest BCUT2D eigenvalue weighted by Crippen LogP contribution is -2.33. The maximum absolute atomic E-state index is 11.4. The van der Waals surface area contributed by atoms with Crippen molar-refractivity contribution in [3.8, 4) is 6.07 Å². The van der Waals surface area contributed by atoms with Crippen LogP contribution in [0.15, 0.2) is 0 Å². The molecule has 1 rings (SSSR count). The number of carbonyl (C=O) groups is 1. The van der Waals surface area contributed by atoms with E-state index in [2.05, 4.69) is 6.07 Å². The van der Waals surface area contributed by atoms with Gasteiger partial charge in [0.2, 0.25) is 5.91 Å². The molecule has 0 aliphatic heterocycles. The molecule has 0 unspecified atom stereocenters. The normalized spacial score (nSPS) is 18.6. The van der Waals surface area contributed by atoms with Gasteiger partial charge < -0.3 is 4.90 Å². The summed E-state index contributed by atoms with van der Waals surface area (Å²) in [6, 6.07) is 2.08. The van der Waals surface area contributed by atoms with Crippen LogP contribution in [0.25, 0.3) is 0 Å². The summed E-state index contributed by atoms with van der Waals surface area (Å²) in [7, 11) is 1.74. The Balaban J connectivity index is 2.63. The number of amides is 1. The van der Waals surface area contributed by atoms with E-state index < -0.39 is 5.41 Å². The highest BCUT2D eigenvalue weighted by Crippen LogP contribution is 2.46. The molecule has 1 fully saturated rings. The van der Waals surface area contributed by atoms with Crippen molar-refractivity contribution in [2.75, 3.05) is 13.6 Å². The van der Waals surface area contributed by atoms with E-state index in [1.807, 2.05) is 6.92 Å². The second-order valence-corrected chi connectivity index (χ2v) is 3.01. The average Bonchev–Trinajstić information content (AvgIpc) is 2.82. The molecule has 0 radical (unpaired) electrons. The van der Waals surface area contributed by atoms with Crippen molar-refractivity contribution >= 4 is 5.91 Å².